The predicted octanol–water partition coefficient (Wildman–Crippen LogP) is 3.67. The van der Waals surface area contributed by atoms with Crippen LogP contribution in [0.2, 0.25) is 0 Å². The summed E-state index contributed by atoms with van der Waals surface area (Å²) in [7, 11) is -3.60. The number of carbonyl (C=O) groups is 1. The fourth-order valence-electron chi connectivity index (χ4n) is 2.93. The van der Waals surface area contributed by atoms with E-state index in [1.807, 2.05) is 18.2 Å². The third-order valence-electron chi connectivity index (χ3n) is 4.44. The van der Waals surface area contributed by atoms with Crippen molar-refractivity contribution in [3.05, 3.63) is 66.4 Å². The van der Waals surface area contributed by atoms with E-state index >= 15 is 0 Å². The number of benzene rings is 1. The van der Waals surface area contributed by atoms with Gasteiger partial charge in [-0.3, -0.25) is 0 Å². The third kappa shape index (κ3) is 3.24. The predicted molar refractivity (Wildman–Crippen MR) is 103 cm³/mol. The summed E-state index contributed by atoms with van der Waals surface area (Å²) in [6.07, 6.45) is 12.2. The zero-order chi connectivity index (χ0) is 18.8. The maximum Gasteiger partial charge on any atom is 0.330 e. The van der Waals surface area contributed by atoms with Crippen LogP contribution >= 0.6 is 0 Å². The summed E-state index contributed by atoms with van der Waals surface area (Å²) in [5, 5.41) is 0.790. The van der Waals surface area contributed by atoms with Gasteiger partial charge in [-0.25, -0.2) is 17.2 Å². The fraction of sp³-hybridized carbons (Fsp3) is 0.250. The van der Waals surface area contributed by atoms with Gasteiger partial charge in [-0.15, -0.1) is 0 Å². The Morgan fingerprint density at radius 2 is 2.12 bits per heavy atom. The Balaban J connectivity index is 1.96. The van der Waals surface area contributed by atoms with E-state index in [1.54, 1.807) is 56.5 Å². The summed E-state index contributed by atoms with van der Waals surface area (Å²) in [4.78, 5) is 11.4. The Labute approximate surface area is 153 Å². The van der Waals surface area contributed by atoms with E-state index < -0.39 is 20.7 Å². The van der Waals surface area contributed by atoms with Gasteiger partial charge in [0.25, 0.3) is 0 Å². The number of allylic oxidation sites excluding steroid dienone is 3. The minimum Gasteiger partial charge on any atom is -0.463 e. The van der Waals surface area contributed by atoms with Crippen LogP contribution in [-0.2, 0) is 19.6 Å². The SMILES string of the molecule is CCOC(=O)/C=C/c1ccc2c(ccn2S(=O)(=O)C2(C)C=CC=CC2)c1. The van der Waals surface area contributed by atoms with Gasteiger partial charge >= 0.3 is 5.97 Å². The minimum absolute atomic E-state index is 0.325. The Bertz CT molecular complexity index is 1030. The van der Waals surface area contributed by atoms with E-state index in [2.05, 4.69) is 0 Å². The van der Waals surface area contributed by atoms with Crippen molar-refractivity contribution in [1.29, 1.82) is 0 Å². The molecule has 6 heteroatoms. The number of aromatic nitrogens is 1. The molecule has 1 aliphatic carbocycles. The summed E-state index contributed by atoms with van der Waals surface area (Å²) in [5.74, 6) is -0.405. The van der Waals surface area contributed by atoms with Crippen molar-refractivity contribution in [3.63, 3.8) is 0 Å². The molecule has 1 aliphatic rings. The lowest BCUT2D eigenvalue weighted by Crippen LogP contribution is -2.37. The van der Waals surface area contributed by atoms with Crippen LogP contribution in [0.25, 0.3) is 17.0 Å². The second kappa shape index (κ2) is 6.96. The highest BCUT2D eigenvalue weighted by Crippen LogP contribution is 2.31. The third-order valence-corrected chi connectivity index (χ3v) is 6.76. The highest BCUT2D eigenvalue weighted by Gasteiger charge is 2.38. The molecule has 0 saturated carbocycles. The molecule has 136 valence electrons. The Morgan fingerprint density at radius 1 is 1.31 bits per heavy atom. The van der Waals surface area contributed by atoms with Gasteiger partial charge in [0.15, 0.2) is 0 Å². The molecule has 0 radical (unpaired) electrons. The van der Waals surface area contributed by atoms with Crippen LogP contribution in [0.4, 0.5) is 0 Å². The maximum absolute atomic E-state index is 13.2. The average Bonchev–Trinajstić information content (AvgIpc) is 3.04. The number of hydrogen-bond acceptors (Lipinski definition) is 4. The lowest BCUT2D eigenvalue weighted by Gasteiger charge is -2.27. The number of esters is 1. The molecular formula is C20H21NO4S. The zero-order valence-corrected chi connectivity index (χ0v) is 15.6. The van der Waals surface area contributed by atoms with Crippen molar-refractivity contribution in [2.24, 2.45) is 0 Å². The van der Waals surface area contributed by atoms with Crippen LogP contribution in [0.1, 0.15) is 25.8 Å². The molecule has 5 nitrogen and oxygen atoms in total. The second-order valence-electron chi connectivity index (χ2n) is 6.32. The minimum atomic E-state index is -3.60. The first-order chi connectivity index (χ1) is 12.4. The molecule has 0 bridgehead atoms. The van der Waals surface area contributed by atoms with Crippen molar-refractivity contribution in [3.8, 4) is 0 Å². The van der Waals surface area contributed by atoms with Gasteiger partial charge in [0.2, 0.25) is 10.0 Å². The average molecular weight is 371 g/mol. The standard InChI is InChI=1S/C20H21NO4S/c1-3-25-19(22)10-8-16-7-9-18-17(15-16)11-14-21(18)26(23,24)20(2)12-5-4-6-13-20/h4-12,14-15H,3,13H2,1-2H3/b10-8+. The topological polar surface area (TPSA) is 65.4 Å². The molecule has 1 unspecified atom stereocenters. The quantitative estimate of drug-likeness (QED) is 0.594. The van der Waals surface area contributed by atoms with E-state index in [4.69, 9.17) is 4.74 Å². The van der Waals surface area contributed by atoms with E-state index in [1.165, 1.54) is 10.0 Å². The summed E-state index contributed by atoms with van der Waals surface area (Å²) in [6.45, 7) is 3.80. The summed E-state index contributed by atoms with van der Waals surface area (Å²) < 4.78 is 31.5. The number of nitrogens with zero attached hydrogens (tertiary/aromatic N) is 1. The molecule has 1 aromatic carbocycles. The van der Waals surface area contributed by atoms with Gasteiger partial charge < -0.3 is 4.74 Å². The van der Waals surface area contributed by atoms with Crippen molar-refractivity contribution >= 4 is 33.0 Å². The number of hydrogen-bond donors (Lipinski definition) is 0. The van der Waals surface area contributed by atoms with Crippen LogP contribution in [0.5, 0.6) is 0 Å². The Hall–Kier alpha value is -2.60. The lowest BCUT2D eigenvalue weighted by atomic mass is 10.0. The summed E-state index contributed by atoms with van der Waals surface area (Å²) in [5.41, 5.74) is 1.41. The van der Waals surface area contributed by atoms with Gasteiger partial charge in [0, 0.05) is 17.7 Å². The van der Waals surface area contributed by atoms with Gasteiger partial charge in [0.1, 0.15) is 4.75 Å². The molecule has 2 aromatic rings. The molecule has 1 atom stereocenters. The molecule has 0 saturated heterocycles. The van der Waals surface area contributed by atoms with Crippen LogP contribution in [0.3, 0.4) is 0 Å². The highest BCUT2D eigenvalue weighted by molar-refractivity contribution is 7.91. The molecule has 1 aromatic heterocycles. The van der Waals surface area contributed by atoms with Crippen LogP contribution in [0, 0.1) is 0 Å². The molecule has 0 spiro atoms. The maximum atomic E-state index is 13.2. The monoisotopic (exact) mass is 371 g/mol. The fourth-order valence-corrected chi connectivity index (χ4v) is 4.58. The molecule has 0 amide bonds. The molecular weight excluding hydrogens is 350 g/mol. The smallest absolute Gasteiger partial charge is 0.330 e. The van der Waals surface area contributed by atoms with Crippen molar-refractivity contribution in [2.75, 3.05) is 6.61 Å². The van der Waals surface area contributed by atoms with Crippen molar-refractivity contribution < 1.29 is 17.9 Å². The zero-order valence-electron chi connectivity index (χ0n) is 14.8. The van der Waals surface area contributed by atoms with Crippen molar-refractivity contribution in [2.45, 2.75) is 25.0 Å². The summed E-state index contributed by atoms with van der Waals surface area (Å²) in [6, 6.07) is 7.14. The highest BCUT2D eigenvalue weighted by atomic mass is 32.2. The van der Waals surface area contributed by atoms with Gasteiger partial charge in [-0.05, 0) is 50.1 Å². The Kier molecular flexibility index (Phi) is 4.87. The first kappa shape index (κ1) is 18.2. The normalized spacial score (nSPS) is 20.1. The molecule has 3 rings (SSSR count). The molecule has 0 N–H and O–H groups in total. The first-order valence-electron chi connectivity index (χ1n) is 8.43. The van der Waals surface area contributed by atoms with E-state index in [9.17, 15) is 13.2 Å². The lowest BCUT2D eigenvalue weighted by molar-refractivity contribution is -0.137. The van der Waals surface area contributed by atoms with Gasteiger partial charge in [-0.1, -0.05) is 30.4 Å². The first-order valence-corrected chi connectivity index (χ1v) is 9.87. The molecule has 26 heavy (non-hydrogen) atoms. The van der Waals surface area contributed by atoms with E-state index in [0.29, 0.717) is 18.5 Å². The number of fused-ring (bicyclic) bond motifs is 1. The summed E-state index contributed by atoms with van der Waals surface area (Å²) >= 11 is 0. The van der Waals surface area contributed by atoms with Gasteiger partial charge in [-0.2, -0.15) is 0 Å². The molecule has 0 fully saturated rings. The second-order valence-corrected chi connectivity index (χ2v) is 8.60. The largest absolute Gasteiger partial charge is 0.463 e. The number of carbonyl (C=O) groups excluding carboxylic acids is 1. The molecule has 0 aliphatic heterocycles. The number of rotatable bonds is 5. The number of ether oxygens (including phenoxy) is 1. The van der Waals surface area contributed by atoms with Crippen LogP contribution in [-0.4, -0.2) is 29.7 Å². The Morgan fingerprint density at radius 3 is 2.81 bits per heavy atom. The van der Waals surface area contributed by atoms with E-state index in [-0.39, 0.29) is 0 Å². The molecule has 1 heterocycles. The van der Waals surface area contributed by atoms with Crippen LogP contribution in [0.15, 0.2) is 60.8 Å². The van der Waals surface area contributed by atoms with Crippen LogP contribution < -0.4 is 0 Å². The van der Waals surface area contributed by atoms with Crippen molar-refractivity contribution in [1.82, 2.24) is 3.97 Å². The van der Waals surface area contributed by atoms with Gasteiger partial charge in [0.05, 0.1) is 12.1 Å². The van der Waals surface area contributed by atoms with E-state index in [0.717, 1.165) is 10.9 Å².